The maximum Gasteiger partial charge on any atom is 0.227 e. The standard InChI is InChI=1S/C28H29N3O2/c1-2-21-13-15-23(16-14-21)31-20-22(19-27(31)32)28-29-25-11-6-7-12-26(25)30(28)17-8-18-33-24-9-4-3-5-10-24/h3-7,9-16,22H,2,8,17-20H2,1H3/t22-/m0/s1. The second-order valence-corrected chi connectivity index (χ2v) is 8.55. The number of aryl methyl sites for hydroxylation is 2. The predicted molar refractivity (Wildman–Crippen MR) is 132 cm³/mol. The van der Waals surface area contributed by atoms with Gasteiger partial charge in [0.2, 0.25) is 5.91 Å². The smallest absolute Gasteiger partial charge is 0.227 e. The van der Waals surface area contributed by atoms with Crippen LogP contribution < -0.4 is 9.64 Å². The van der Waals surface area contributed by atoms with Gasteiger partial charge < -0.3 is 14.2 Å². The first-order valence-corrected chi connectivity index (χ1v) is 11.7. The molecule has 4 aromatic rings. The number of para-hydroxylation sites is 3. The molecule has 5 heteroatoms. The van der Waals surface area contributed by atoms with Crippen LogP contribution in [0.1, 0.15) is 37.1 Å². The minimum absolute atomic E-state index is 0.0748. The van der Waals surface area contributed by atoms with Crippen molar-refractivity contribution in [2.75, 3.05) is 18.1 Å². The topological polar surface area (TPSA) is 47.4 Å². The van der Waals surface area contributed by atoms with E-state index < -0.39 is 0 Å². The summed E-state index contributed by atoms with van der Waals surface area (Å²) in [5, 5.41) is 0. The molecule has 0 bridgehead atoms. The van der Waals surface area contributed by atoms with Crippen molar-refractivity contribution in [1.29, 1.82) is 0 Å². The van der Waals surface area contributed by atoms with Crippen molar-refractivity contribution in [1.82, 2.24) is 9.55 Å². The Kier molecular flexibility index (Phi) is 6.11. The first kappa shape index (κ1) is 21.3. The molecule has 168 valence electrons. The highest BCUT2D eigenvalue weighted by Crippen LogP contribution is 2.33. The number of fused-ring (bicyclic) bond motifs is 1. The molecule has 2 heterocycles. The van der Waals surface area contributed by atoms with Gasteiger partial charge in [-0.2, -0.15) is 0 Å². The number of ether oxygens (including phenoxy) is 1. The van der Waals surface area contributed by atoms with Crippen LogP contribution in [0.2, 0.25) is 0 Å². The first-order chi connectivity index (χ1) is 16.2. The van der Waals surface area contributed by atoms with E-state index in [1.165, 1.54) is 5.56 Å². The van der Waals surface area contributed by atoms with E-state index in [2.05, 4.69) is 41.8 Å². The van der Waals surface area contributed by atoms with E-state index in [-0.39, 0.29) is 11.8 Å². The molecule has 1 amide bonds. The van der Waals surface area contributed by atoms with Crippen LogP contribution in [-0.2, 0) is 17.8 Å². The van der Waals surface area contributed by atoms with Crippen molar-refractivity contribution in [3.05, 3.63) is 90.3 Å². The molecule has 1 aromatic heterocycles. The molecular formula is C28H29N3O2. The lowest BCUT2D eigenvalue weighted by Crippen LogP contribution is -2.24. The summed E-state index contributed by atoms with van der Waals surface area (Å²) in [6.45, 7) is 4.24. The minimum Gasteiger partial charge on any atom is -0.494 e. The van der Waals surface area contributed by atoms with E-state index in [0.717, 1.165) is 47.7 Å². The van der Waals surface area contributed by atoms with Gasteiger partial charge in [-0.05, 0) is 54.8 Å². The van der Waals surface area contributed by atoms with Crippen LogP contribution >= 0.6 is 0 Å². The Labute approximate surface area is 194 Å². The molecule has 1 aliphatic heterocycles. The van der Waals surface area contributed by atoms with Crippen LogP contribution in [0.4, 0.5) is 5.69 Å². The summed E-state index contributed by atoms with van der Waals surface area (Å²) in [5.41, 5.74) is 4.35. The highest BCUT2D eigenvalue weighted by atomic mass is 16.5. The molecule has 1 saturated heterocycles. The highest BCUT2D eigenvalue weighted by Gasteiger charge is 2.34. The maximum atomic E-state index is 12.9. The van der Waals surface area contributed by atoms with Crippen LogP contribution in [0, 0.1) is 0 Å². The fourth-order valence-electron chi connectivity index (χ4n) is 4.61. The molecule has 1 atom stereocenters. The number of carbonyl (C=O) groups excluding carboxylic acids is 1. The van der Waals surface area contributed by atoms with Gasteiger partial charge in [0.1, 0.15) is 11.6 Å². The number of benzene rings is 3. The Morgan fingerprint density at radius 2 is 1.73 bits per heavy atom. The second kappa shape index (κ2) is 9.49. The zero-order valence-corrected chi connectivity index (χ0v) is 19.0. The van der Waals surface area contributed by atoms with Crippen molar-refractivity contribution in [2.45, 2.75) is 38.6 Å². The highest BCUT2D eigenvalue weighted by molar-refractivity contribution is 5.96. The number of hydrogen-bond donors (Lipinski definition) is 0. The summed E-state index contributed by atoms with van der Waals surface area (Å²) in [7, 11) is 0. The van der Waals surface area contributed by atoms with Crippen LogP contribution in [0.3, 0.4) is 0 Å². The summed E-state index contributed by atoms with van der Waals surface area (Å²) in [6, 6.07) is 26.5. The lowest BCUT2D eigenvalue weighted by atomic mass is 10.1. The zero-order chi connectivity index (χ0) is 22.6. The third-order valence-electron chi connectivity index (χ3n) is 6.37. The molecule has 0 N–H and O–H groups in total. The van der Waals surface area contributed by atoms with E-state index in [9.17, 15) is 4.79 Å². The Hall–Kier alpha value is -3.60. The van der Waals surface area contributed by atoms with Gasteiger partial charge in [0.15, 0.2) is 0 Å². The molecule has 1 fully saturated rings. The van der Waals surface area contributed by atoms with Crippen LogP contribution in [-0.4, -0.2) is 28.6 Å². The van der Waals surface area contributed by atoms with Crippen molar-refractivity contribution in [2.24, 2.45) is 0 Å². The van der Waals surface area contributed by atoms with Crippen molar-refractivity contribution in [3.8, 4) is 5.75 Å². The summed E-state index contributed by atoms with van der Waals surface area (Å²) in [4.78, 5) is 19.8. The van der Waals surface area contributed by atoms with Crippen molar-refractivity contribution < 1.29 is 9.53 Å². The summed E-state index contributed by atoms with van der Waals surface area (Å²) in [6.07, 6.45) is 2.35. The molecule has 0 unspecified atom stereocenters. The Bertz CT molecular complexity index is 1230. The van der Waals surface area contributed by atoms with E-state index in [4.69, 9.17) is 9.72 Å². The third-order valence-corrected chi connectivity index (χ3v) is 6.37. The molecule has 3 aromatic carbocycles. The molecule has 0 spiro atoms. The van der Waals surface area contributed by atoms with Crippen LogP contribution in [0.15, 0.2) is 78.9 Å². The number of carbonyl (C=O) groups is 1. The number of aromatic nitrogens is 2. The molecular weight excluding hydrogens is 410 g/mol. The van der Waals surface area contributed by atoms with Crippen LogP contribution in [0.5, 0.6) is 5.75 Å². The molecule has 0 radical (unpaired) electrons. The van der Waals surface area contributed by atoms with Gasteiger partial charge in [0, 0.05) is 31.1 Å². The summed E-state index contributed by atoms with van der Waals surface area (Å²) in [5.74, 6) is 2.12. The number of nitrogens with zero attached hydrogens (tertiary/aromatic N) is 3. The van der Waals surface area contributed by atoms with Gasteiger partial charge in [-0.3, -0.25) is 4.79 Å². The Morgan fingerprint density at radius 1 is 0.970 bits per heavy atom. The zero-order valence-electron chi connectivity index (χ0n) is 19.0. The Balaban J connectivity index is 1.34. The normalized spacial score (nSPS) is 16.0. The van der Waals surface area contributed by atoms with E-state index in [0.29, 0.717) is 19.6 Å². The molecule has 1 aliphatic rings. The van der Waals surface area contributed by atoms with E-state index in [1.54, 1.807) is 0 Å². The van der Waals surface area contributed by atoms with E-state index >= 15 is 0 Å². The quantitative estimate of drug-likeness (QED) is 0.336. The fraction of sp³-hybridized carbons (Fsp3) is 0.286. The molecule has 33 heavy (non-hydrogen) atoms. The van der Waals surface area contributed by atoms with E-state index in [1.807, 2.05) is 53.4 Å². The van der Waals surface area contributed by atoms with Gasteiger partial charge in [-0.1, -0.05) is 49.4 Å². The third kappa shape index (κ3) is 4.49. The molecule has 5 rings (SSSR count). The second-order valence-electron chi connectivity index (χ2n) is 8.55. The Morgan fingerprint density at radius 3 is 2.52 bits per heavy atom. The van der Waals surface area contributed by atoms with Crippen molar-refractivity contribution in [3.63, 3.8) is 0 Å². The van der Waals surface area contributed by atoms with Crippen molar-refractivity contribution >= 4 is 22.6 Å². The summed E-state index contributed by atoms with van der Waals surface area (Å²) < 4.78 is 8.18. The SMILES string of the molecule is CCc1ccc(N2C[C@@H](c3nc4ccccc4n3CCCOc3ccccc3)CC2=O)cc1. The van der Waals surface area contributed by atoms with Gasteiger partial charge in [-0.15, -0.1) is 0 Å². The number of anilines is 1. The number of rotatable bonds is 8. The van der Waals surface area contributed by atoms with Crippen LogP contribution in [0.25, 0.3) is 11.0 Å². The first-order valence-electron chi connectivity index (χ1n) is 11.7. The molecule has 0 saturated carbocycles. The molecule has 5 nitrogen and oxygen atoms in total. The fourth-order valence-corrected chi connectivity index (χ4v) is 4.61. The van der Waals surface area contributed by atoms with Gasteiger partial charge in [0.25, 0.3) is 0 Å². The van der Waals surface area contributed by atoms with Gasteiger partial charge in [0.05, 0.1) is 17.6 Å². The number of amides is 1. The van der Waals surface area contributed by atoms with Gasteiger partial charge in [-0.25, -0.2) is 4.98 Å². The predicted octanol–water partition coefficient (Wildman–Crippen LogP) is 5.59. The lowest BCUT2D eigenvalue weighted by molar-refractivity contribution is -0.117. The number of hydrogen-bond acceptors (Lipinski definition) is 3. The lowest BCUT2D eigenvalue weighted by Gasteiger charge is -2.18. The maximum absolute atomic E-state index is 12.9. The average Bonchev–Trinajstić information content (AvgIpc) is 3.43. The largest absolute Gasteiger partial charge is 0.494 e. The average molecular weight is 440 g/mol. The minimum atomic E-state index is 0.0748. The monoisotopic (exact) mass is 439 g/mol. The number of imidazole rings is 1. The summed E-state index contributed by atoms with van der Waals surface area (Å²) >= 11 is 0. The molecule has 0 aliphatic carbocycles. The van der Waals surface area contributed by atoms with Gasteiger partial charge >= 0.3 is 0 Å².